The molecule has 1 saturated heterocycles. The van der Waals surface area contributed by atoms with E-state index in [0.29, 0.717) is 17.5 Å². The van der Waals surface area contributed by atoms with Crippen LogP contribution in [0.4, 0.5) is 0 Å². The molecule has 4 rings (SSSR count). The third-order valence-electron chi connectivity index (χ3n) is 7.77. The average Bonchev–Trinajstić information content (AvgIpc) is 3.12. The molecule has 0 aliphatic carbocycles. The van der Waals surface area contributed by atoms with Gasteiger partial charge in [0.15, 0.2) is 0 Å². The predicted molar refractivity (Wildman–Crippen MR) is 145 cm³/mol. The van der Waals surface area contributed by atoms with Gasteiger partial charge >= 0.3 is 5.97 Å². The number of likely N-dealkylation sites (N-methyl/N-ethyl adjacent to an activating group) is 1. The summed E-state index contributed by atoms with van der Waals surface area (Å²) < 4.78 is 0. The first-order valence-electron chi connectivity index (χ1n) is 13.4. The van der Waals surface area contributed by atoms with E-state index in [9.17, 15) is 24.3 Å². The first kappa shape index (κ1) is 27.7. The molecule has 2 aromatic carbocycles. The lowest BCUT2D eigenvalue weighted by molar-refractivity contribution is -0.141. The molecule has 2 aromatic rings. The summed E-state index contributed by atoms with van der Waals surface area (Å²) >= 11 is 0. The number of piperidine rings is 1. The molecule has 1 fully saturated rings. The number of carboxylic acid groups (broad SMARTS) is 1. The zero-order chi connectivity index (χ0) is 27.6. The lowest BCUT2D eigenvalue weighted by atomic mass is 9.98. The number of rotatable bonds is 10. The van der Waals surface area contributed by atoms with Gasteiger partial charge in [-0.05, 0) is 74.6 Å². The van der Waals surface area contributed by atoms with Crippen LogP contribution in [0.1, 0.15) is 60.2 Å². The fraction of sp³-hybridized carbons (Fsp3) is 0.517. The van der Waals surface area contributed by atoms with Gasteiger partial charge in [0.05, 0.1) is 17.2 Å². The highest BCUT2D eigenvalue weighted by Gasteiger charge is 2.37. The fourth-order valence-electron chi connectivity index (χ4n) is 5.48. The number of carbonyl (C=O) groups is 4. The van der Waals surface area contributed by atoms with Crippen LogP contribution < -0.4 is 5.32 Å². The molecule has 2 N–H and O–H groups in total. The molecular formula is C29H38N4O5. The number of nitrogens with one attached hydrogen (secondary N) is 1. The van der Waals surface area contributed by atoms with Crippen molar-refractivity contribution in [2.45, 2.75) is 57.7 Å². The molecule has 2 atom stereocenters. The second-order valence-corrected chi connectivity index (χ2v) is 11.0. The molecule has 2 heterocycles. The summed E-state index contributed by atoms with van der Waals surface area (Å²) in [7, 11) is 3.86. The number of likely N-dealkylation sites (tertiary alicyclic amines) is 1. The van der Waals surface area contributed by atoms with E-state index in [0.717, 1.165) is 41.6 Å². The normalized spacial score (nSPS) is 18.2. The fourth-order valence-corrected chi connectivity index (χ4v) is 5.48. The molecule has 9 nitrogen and oxygen atoms in total. The van der Waals surface area contributed by atoms with Crippen LogP contribution in [0.25, 0.3) is 10.8 Å². The first-order chi connectivity index (χ1) is 18.1. The lowest BCUT2D eigenvalue weighted by Gasteiger charge is -2.37. The van der Waals surface area contributed by atoms with Gasteiger partial charge in [-0.25, -0.2) is 0 Å². The first-order valence-corrected chi connectivity index (χ1v) is 13.4. The Labute approximate surface area is 223 Å². The topological polar surface area (TPSA) is 110 Å². The van der Waals surface area contributed by atoms with Gasteiger partial charge in [0.25, 0.3) is 11.8 Å². The van der Waals surface area contributed by atoms with E-state index >= 15 is 0 Å². The van der Waals surface area contributed by atoms with E-state index < -0.39 is 29.9 Å². The molecule has 0 radical (unpaired) electrons. The summed E-state index contributed by atoms with van der Waals surface area (Å²) in [6.45, 7) is 5.77. The molecule has 2 aliphatic heterocycles. The highest BCUT2D eigenvalue weighted by atomic mass is 16.4. The maximum atomic E-state index is 13.5. The van der Waals surface area contributed by atoms with E-state index in [-0.39, 0.29) is 30.8 Å². The minimum Gasteiger partial charge on any atom is -0.480 e. The summed E-state index contributed by atoms with van der Waals surface area (Å²) in [5, 5.41) is 14.8. The highest BCUT2D eigenvalue weighted by molar-refractivity contribution is 6.23. The van der Waals surface area contributed by atoms with Gasteiger partial charge in [0.1, 0.15) is 6.04 Å². The standard InChI is InChI=1S/C29H38N4O5/c1-18(2)15-25(28(36)32(4)21-9-12-31(3)13-10-21)30-24(29(37)38)11-14-33-26(34)22-16-19-7-5-6-8-20(19)17-23(22)27(33)35/h5-8,16-18,21,24-25,30H,9-15H2,1-4H3,(H,37,38)/t24-,25+/m1/s1. The van der Waals surface area contributed by atoms with Crippen LogP contribution in [0.2, 0.25) is 0 Å². The number of imide groups is 1. The molecule has 0 unspecified atom stereocenters. The minimum absolute atomic E-state index is 0.000133. The summed E-state index contributed by atoms with van der Waals surface area (Å²) in [4.78, 5) is 57.0. The van der Waals surface area contributed by atoms with Gasteiger partial charge < -0.3 is 14.9 Å². The van der Waals surface area contributed by atoms with Gasteiger partial charge in [-0.2, -0.15) is 0 Å². The number of hydrogen-bond acceptors (Lipinski definition) is 6. The molecular weight excluding hydrogens is 484 g/mol. The Balaban J connectivity index is 1.45. The maximum absolute atomic E-state index is 13.5. The smallest absolute Gasteiger partial charge is 0.320 e. The van der Waals surface area contributed by atoms with Crippen molar-refractivity contribution in [3.63, 3.8) is 0 Å². The Bertz CT molecular complexity index is 1170. The number of carbonyl (C=O) groups excluding carboxylic acids is 3. The molecule has 0 bridgehead atoms. The number of hydrogen-bond donors (Lipinski definition) is 2. The van der Waals surface area contributed by atoms with E-state index in [4.69, 9.17) is 0 Å². The molecule has 3 amide bonds. The van der Waals surface area contributed by atoms with Crippen LogP contribution in [0.3, 0.4) is 0 Å². The summed E-state index contributed by atoms with van der Waals surface area (Å²) in [5.74, 6) is -1.90. The van der Waals surface area contributed by atoms with Crippen molar-refractivity contribution in [1.82, 2.24) is 20.0 Å². The van der Waals surface area contributed by atoms with Crippen LogP contribution in [0, 0.1) is 5.92 Å². The Kier molecular flexibility index (Phi) is 8.47. The third-order valence-corrected chi connectivity index (χ3v) is 7.77. The van der Waals surface area contributed by atoms with Gasteiger partial charge in [-0.1, -0.05) is 38.1 Å². The minimum atomic E-state index is -1.11. The maximum Gasteiger partial charge on any atom is 0.320 e. The van der Waals surface area contributed by atoms with Gasteiger partial charge in [0.2, 0.25) is 5.91 Å². The number of aliphatic carboxylic acids is 1. The highest BCUT2D eigenvalue weighted by Crippen LogP contribution is 2.28. The molecule has 0 spiro atoms. The van der Waals surface area contributed by atoms with Crippen molar-refractivity contribution >= 4 is 34.5 Å². The van der Waals surface area contributed by atoms with Crippen LogP contribution in [0.15, 0.2) is 36.4 Å². The number of fused-ring (bicyclic) bond motifs is 2. The summed E-state index contributed by atoms with van der Waals surface area (Å²) in [6, 6.07) is 9.30. The van der Waals surface area contributed by atoms with E-state index in [2.05, 4.69) is 17.3 Å². The Morgan fingerprint density at radius 2 is 1.58 bits per heavy atom. The Morgan fingerprint density at radius 1 is 1.03 bits per heavy atom. The van der Waals surface area contributed by atoms with Gasteiger partial charge in [-0.15, -0.1) is 0 Å². The predicted octanol–water partition coefficient (Wildman–Crippen LogP) is 2.84. The molecule has 204 valence electrons. The van der Waals surface area contributed by atoms with E-state index in [1.54, 1.807) is 24.1 Å². The quantitative estimate of drug-likeness (QED) is 0.462. The Morgan fingerprint density at radius 3 is 2.08 bits per heavy atom. The number of nitrogens with zero attached hydrogens (tertiary/aromatic N) is 3. The number of benzene rings is 2. The van der Waals surface area contributed by atoms with Crippen molar-refractivity contribution in [3.8, 4) is 0 Å². The van der Waals surface area contributed by atoms with Crippen molar-refractivity contribution in [3.05, 3.63) is 47.5 Å². The summed E-state index contributed by atoms with van der Waals surface area (Å²) in [5.41, 5.74) is 0.669. The molecule has 38 heavy (non-hydrogen) atoms. The molecule has 2 aliphatic rings. The van der Waals surface area contributed by atoms with E-state index in [1.807, 2.05) is 38.1 Å². The van der Waals surface area contributed by atoms with Crippen molar-refractivity contribution in [2.75, 3.05) is 33.7 Å². The van der Waals surface area contributed by atoms with E-state index in [1.165, 1.54) is 0 Å². The van der Waals surface area contributed by atoms with Crippen LogP contribution in [-0.2, 0) is 9.59 Å². The van der Waals surface area contributed by atoms with Crippen molar-refractivity contribution in [1.29, 1.82) is 0 Å². The Hall–Kier alpha value is -3.30. The third kappa shape index (κ3) is 5.89. The molecule has 0 aromatic heterocycles. The lowest BCUT2D eigenvalue weighted by Crippen LogP contribution is -2.55. The number of carboxylic acids is 1. The second-order valence-electron chi connectivity index (χ2n) is 11.0. The molecule has 9 heteroatoms. The van der Waals surface area contributed by atoms with Crippen molar-refractivity contribution < 1.29 is 24.3 Å². The zero-order valence-corrected chi connectivity index (χ0v) is 22.6. The largest absolute Gasteiger partial charge is 0.480 e. The van der Waals surface area contributed by atoms with Gasteiger partial charge in [0, 0.05) is 19.6 Å². The number of amides is 3. The molecule has 0 saturated carbocycles. The van der Waals surface area contributed by atoms with Gasteiger partial charge in [-0.3, -0.25) is 29.4 Å². The van der Waals surface area contributed by atoms with Crippen LogP contribution in [-0.4, -0.2) is 95.4 Å². The average molecular weight is 523 g/mol. The van der Waals surface area contributed by atoms with Crippen molar-refractivity contribution in [2.24, 2.45) is 5.92 Å². The van der Waals surface area contributed by atoms with Crippen LogP contribution >= 0.6 is 0 Å². The SMILES string of the molecule is CC(C)C[C@H](N[C@H](CCN1C(=O)c2cc3ccccc3cc2C1=O)C(=O)O)C(=O)N(C)C1CCN(C)CC1. The second kappa shape index (κ2) is 11.6. The monoisotopic (exact) mass is 522 g/mol. The van der Waals surface area contributed by atoms with Crippen LogP contribution in [0.5, 0.6) is 0 Å². The summed E-state index contributed by atoms with van der Waals surface area (Å²) in [6.07, 6.45) is 2.24. The zero-order valence-electron chi connectivity index (χ0n) is 22.6.